The average molecular weight is 387 g/mol. The third-order valence-electron chi connectivity index (χ3n) is 4.25. The first-order chi connectivity index (χ1) is 14.0. The molecule has 2 aromatic heterocycles. The number of nitrogens with zero attached hydrogens (tertiary/aromatic N) is 3. The number of fused-ring (bicyclic) bond motifs is 1. The highest BCUT2D eigenvalue weighted by atomic mass is 19.1. The molecule has 0 bridgehead atoms. The molecule has 29 heavy (non-hydrogen) atoms. The highest BCUT2D eigenvalue weighted by Crippen LogP contribution is 2.27. The van der Waals surface area contributed by atoms with Crippen molar-refractivity contribution in [3.05, 3.63) is 72.0 Å². The molecule has 0 spiro atoms. The molecule has 0 saturated heterocycles. The minimum absolute atomic E-state index is 0.191. The molecule has 0 fully saturated rings. The smallest absolute Gasteiger partial charge is 0.232 e. The van der Waals surface area contributed by atoms with Crippen molar-refractivity contribution < 1.29 is 9.18 Å². The van der Waals surface area contributed by atoms with Crippen LogP contribution in [0, 0.1) is 12.7 Å². The molecule has 0 aliphatic heterocycles. The zero-order chi connectivity index (χ0) is 20.4. The monoisotopic (exact) mass is 387 g/mol. The average Bonchev–Trinajstić information content (AvgIpc) is 2.68. The maximum atomic E-state index is 13.3. The van der Waals surface area contributed by atoms with Gasteiger partial charge in [0, 0.05) is 18.2 Å². The van der Waals surface area contributed by atoms with Crippen LogP contribution >= 0.6 is 0 Å². The second kappa shape index (κ2) is 7.63. The minimum Gasteiger partial charge on any atom is -0.338 e. The van der Waals surface area contributed by atoms with Crippen LogP contribution < -0.4 is 10.6 Å². The molecule has 7 heteroatoms. The van der Waals surface area contributed by atoms with Crippen LogP contribution in [0.2, 0.25) is 0 Å². The number of carbonyl (C=O) groups is 1. The summed E-state index contributed by atoms with van der Waals surface area (Å²) in [7, 11) is 0. The molecular weight excluding hydrogens is 369 g/mol. The molecule has 4 aromatic rings. The zero-order valence-corrected chi connectivity index (χ0v) is 15.9. The van der Waals surface area contributed by atoms with Crippen molar-refractivity contribution >= 4 is 34.4 Å². The normalized spacial score (nSPS) is 10.7. The van der Waals surface area contributed by atoms with E-state index in [0.717, 1.165) is 16.8 Å². The number of benzene rings is 2. The molecule has 1 amide bonds. The molecule has 144 valence electrons. The van der Waals surface area contributed by atoms with Crippen molar-refractivity contribution in [1.82, 2.24) is 15.0 Å². The van der Waals surface area contributed by atoms with Gasteiger partial charge in [-0.15, -0.1) is 0 Å². The van der Waals surface area contributed by atoms with Crippen molar-refractivity contribution in [2.24, 2.45) is 0 Å². The molecule has 0 saturated carbocycles. The third-order valence-corrected chi connectivity index (χ3v) is 4.25. The first-order valence-electron chi connectivity index (χ1n) is 9.04. The van der Waals surface area contributed by atoms with E-state index in [4.69, 9.17) is 4.98 Å². The van der Waals surface area contributed by atoms with E-state index in [1.54, 1.807) is 24.3 Å². The SMILES string of the molecule is CC(=O)Nc1nc(Nc2cccc(C)c2)c2nc(-c3ccc(F)cc3)ccc2n1. The highest BCUT2D eigenvalue weighted by Gasteiger charge is 2.12. The summed E-state index contributed by atoms with van der Waals surface area (Å²) in [4.78, 5) is 25.0. The van der Waals surface area contributed by atoms with Gasteiger partial charge in [-0.25, -0.2) is 14.4 Å². The summed E-state index contributed by atoms with van der Waals surface area (Å²) < 4.78 is 13.3. The van der Waals surface area contributed by atoms with E-state index in [2.05, 4.69) is 20.6 Å². The van der Waals surface area contributed by atoms with Crippen LogP contribution in [0.5, 0.6) is 0 Å². The quantitative estimate of drug-likeness (QED) is 0.524. The number of nitrogens with one attached hydrogen (secondary N) is 2. The lowest BCUT2D eigenvalue weighted by atomic mass is 10.1. The fourth-order valence-corrected chi connectivity index (χ4v) is 2.96. The largest absolute Gasteiger partial charge is 0.338 e. The van der Waals surface area contributed by atoms with E-state index < -0.39 is 0 Å². The summed E-state index contributed by atoms with van der Waals surface area (Å²) in [5.74, 6) is 0.0890. The number of pyridine rings is 1. The van der Waals surface area contributed by atoms with Crippen LogP contribution in [0.1, 0.15) is 12.5 Å². The van der Waals surface area contributed by atoms with E-state index in [1.807, 2.05) is 31.2 Å². The van der Waals surface area contributed by atoms with Crippen LogP contribution in [-0.2, 0) is 4.79 Å². The minimum atomic E-state index is -0.306. The van der Waals surface area contributed by atoms with Crippen LogP contribution in [0.25, 0.3) is 22.3 Å². The van der Waals surface area contributed by atoms with Crippen molar-refractivity contribution in [3.63, 3.8) is 0 Å². The van der Waals surface area contributed by atoms with Crippen molar-refractivity contribution in [2.75, 3.05) is 10.6 Å². The van der Waals surface area contributed by atoms with E-state index in [9.17, 15) is 9.18 Å². The Balaban J connectivity index is 1.84. The molecule has 2 N–H and O–H groups in total. The maximum Gasteiger partial charge on any atom is 0.232 e. The zero-order valence-electron chi connectivity index (χ0n) is 15.9. The number of halogens is 1. The van der Waals surface area contributed by atoms with Gasteiger partial charge in [0.05, 0.1) is 11.2 Å². The van der Waals surface area contributed by atoms with Gasteiger partial charge in [0.25, 0.3) is 0 Å². The third kappa shape index (κ3) is 4.19. The van der Waals surface area contributed by atoms with Gasteiger partial charge in [-0.05, 0) is 61.0 Å². The Bertz CT molecular complexity index is 1210. The van der Waals surface area contributed by atoms with Gasteiger partial charge in [-0.3, -0.25) is 10.1 Å². The maximum absolute atomic E-state index is 13.3. The molecule has 4 rings (SSSR count). The predicted molar refractivity (Wildman–Crippen MR) is 111 cm³/mol. The Morgan fingerprint density at radius 2 is 1.76 bits per heavy atom. The number of rotatable bonds is 4. The summed E-state index contributed by atoms with van der Waals surface area (Å²) in [5.41, 5.74) is 4.50. The summed E-state index contributed by atoms with van der Waals surface area (Å²) in [5, 5.41) is 5.88. The standard InChI is InChI=1S/C22H18FN5O/c1-13-4-3-5-17(12-13)25-21-20-19(27-22(28-21)24-14(2)29)11-10-18(26-20)15-6-8-16(23)9-7-15/h3-12H,1-2H3,(H2,24,25,27,28,29). The topological polar surface area (TPSA) is 79.8 Å². The van der Waals surface area contributed by atoms with E-state index in [0.29, 0.717) is 22.5 Å². The van der Waals surface area contributed by atoms with Gasteiger partial charge < -0.3 is 5.32 Å². The number of hydrogen-bond donors (Lipinski definition) is 2. The lowest BCUT2D eigenvalue weighted by Gasteiger charge is -2.12. The van der Waals surface area contributed by atoms with E-state index in [1.165, 1.54) is 19.1 Å². The molecule has 2 heterocycles. The number of aryl methyl sites for hydroxylation is 1. The van der Waals surface area contributed by atoms with Crippen LogP contribution in [0.3, 0.4) is 0 Å². The lowest BCUT2D eigenvalue weighted by molar-refractivity contribution is -0.114. The molecule has 0 atom stereocenters. The van der Waals surface area contributed by atoms with Crippen molar-refractivity contribution in [3.8, 4) is 11.3 Å². The van der Waals surface area contributed by atoms with Gasteiger partial charge in [0.2, 0.25) is 11.9 Å². The number of anilines is 3. The van der Waals surface area contributed by atoms with Gasteiger partial charge in [0.1, 0.15) is 11.3 Å². The second-order valence-electron chi connectivity index (χ2n) is 6.64. The molecular formula is C22H18FN5O. The Kier molecular flexibility index (Phi) is 4.87. The number of amides is 1. The molecule has 0 aliphatic carbocycles. The first kappa shape index (κ1) is 18.5. The Morgan fingerprint density at radius 3 is 2.48 bits per heavy atom. The fraction of sp³-hybridized carbons (Fsp3) is 0.0909. The van der Waals surface area contributed by atoms with Gasteiger partial charge in [0.15, 0.2) is 5.82 Å². The summed E-state index contributed by atoms with van der Waals surface area (Å²) in [6, 6.07) is 17.6. The Hall–Kier alpha value is -3.87. The lowest BCUT2D eigenvalue weighted by Crippen LogP contribution is -2.11. The number of aromatic nitrogens is 3. The van der Waals surface area contributed by atoms with Crippen LogP contribution in [0.15, 0.2) is 60.7 Å². The highest BCUT2D eigenvalue weighted by molar-refractivity contribution is 5.93. The molecule has 6 nitrogen and oxygen atoms in total. The number of carbonyl (C=O) groups excluding carboxylic acids is 1. The molecule has 0 radical (unpaired) electrons. The fourth-order valence-electron chi connectivity index (χ4n) is 2.96. The summed E-state index contributed by atoms with van der Waals surface area (Å²) >= 11 is 0. The predicted octanol–water partition coefficient (Wildman–Crippen LogP) is 4.84. The van der Waals surface area contributed by atoms with Crippen molar-refractivity contribution in [1.29, 1.82) is 0 Å². The Morgan fingerprint density at radius 1 is 0.966 bits per heavy atom. The number of hydrogen-bond acceptors (Lipinski definition) is 5. The Labute approximate surface area is 166 Å². The second-order valence-corrected chi connectivity index (χ2v) is 6.64. The summed E-state index contributed by atoms with van der Waals surface area (Å²) in [6.07, 6.45) is 0. The van der Waals surface area contributed by atoms with Gasteiger partial charge >= 0.3 is 0 Å². The van der Waals surface area contributed by atoms with Crippen LogP contribution in [-0.4, -0.2) is 20.9 Å². The van der Waals surface area contributed by atoms with Crippen LogP contribution in [0.4, 0.5) is 21.8 Å². The van der Waals surface area contributed by atoms with Gasteiger partial charge in [-0.1, -0.05) is 12.1 Å². The summed E-state index contributed by atoms with van der Waals surface area (Å²) in [6.45, 7) is 3.40. The molecule has 0 aliphatic rings. The van der Waals surface area contributed by atoms with E-state index >= 15 is 0 Å². The van der Waals surface area contributed by atoms with Gasteiger partial charge in [-0.2, -0.15) is 4.98 Å². The first-order valence-corrected chi connectivity index (χ1v) is 9.04. The molecule has 0 unspecified atom stereocenters. The van der Waals surface area contributed by atoms with E-state index in [-0.39, 0.29) is 17.7 Å². The molecule has 2 aromatic carbocycles. The van der Waals surface area contributed by atoms with Crippen molar-refractivity contribution in [2.45, 2.75) is 13.8 Å².